The van der Waals surface area contributed by atoms with Crippen molar-refractivity contribution >= 4 is 11.6 Å². The predicted octanol–water partition coefficient (Wildman–Crippen LogP) is 2.36. The van der Waals surface area contributed by atoms with Crippen LogP contribution in [0.4, 0.5) is 4.39 Å². The summed E-state index contributed by atoms with van der Waals surface area (Å²) in [6.07, 6.45) is 0. The Labute approximate surface area is 125 Å². The van der Waals surface area contributed by atoms with Gasteiger partial charge in [0.05, 0.1) is 0 Å². The Morgan fingerprint density at radius 1 is 1.45 bits per heavy atom. The molecule has 2 N–H and O–H groups in total. The molecule has 1 aliphatic heterocycles. The van der Waals surface area contributed by atoms with Crippen molar-refractivity contribution in [1.82, 2.24) is 9.80 Å². The molecule has 1 heterocycles. The molecule has 1 aromatic carbocycles. The van der Waals surface area contributed by atoms with Crippen molar-refractivity contribution in [3.05, 3.63) is 34.6 Å². The second-order valence-electron chi connectivity index (χ2n) is 5.88. The molecule has 0 saturated carbocycles. The third kappa shape index (κ3) is 3.14. The van der Waals surface area contributed by atoms with Gasteiger partial charge in [-0.25, -0.2) is 4.39 Å². The van der Waals surface area contributed by atoms with Crippen LogP contribution >= 0.6 is 11.6 Å². The zero-order chi connectivity index (χ0) is 14.9. The normalized spacial score (nSPS) is 25.4. The minimum atomic E-state index is -0.270. The van der Waals surface area contributed by atoms with Crippen molar-refractivity contribution in [3.63, 3.8) is 0 Å². The molecule has 1 aliphatic rings. The zero-order valence-electron chi connectivity index (χ0n) is 12.3. The first-order chi connectivity index (χ1) is 9.43. The third-order valence-corrected chi connectivity index (χ3v) is 4.48. The van der Waals surface area contributed by atoms with Crippen molar-refractivity contribution in [2.45, 2.75) is 19.0 Å². The summed E-state index contributed by atoms with van der Waals surface area (Å²) in [7, 11) is 4.18. The van der Waals surface area contributed by atoms with E-state index >= 15 is 0 Å². The maximum absolute atomic E-state index is 14.1. The fraction of sp³-hybridized carbons (Fsp3) is 0.600. The van der Waals surface area contributed by atoms with Gasteiger partial charge in [-0.3, -0.25) is 4.90 Å². The Morgan fingerprint density at radius 2 is 2.15 bits per heavy atom. The minimum Gasteiger partial charge on any atom is -0.329 e. The highest BCUT2D eigenvalue weighted by atomic mass is 35.5. The molecule has 0 radical (unpaired) electrons. The molecule has 0 aromatic heterocycles. The Kier molecular flexibility index (Phi) is 5.02. The molecule has 112 valence electrons. The van der Waals surface area contributed by atoms with Crippen LogP contribution < -0.4 is 5.73 Å². The Bertz CT molecular complexity index is 466. The molecular formula is C15H23ClFN3. The van der Waals surface area contributed by atoms with E-state index in [1.165, 1.54) is 6.07 Å². The lowest BCUT2D eigenvalue weighted by molar-refractivity contribution is 0.216. The molecule has 3 unspecified atom stereocenters. The Morgan fingerprint density at radius 3 is 2.65 bits per heavy atom. The van der Waals surface area contributed by atoms with Gasteiger partial charge in [0.2, 0.25) is 0 Å². The highest BCUT2D eigenvalue weighted by Crippen LogP contribution is 2.31. The molecule has 3 nitrogen and oxygen atoms in total. The molecule has 3 atom stereocenters. The summed E-state index contributed by atoms with van der Waals surface area (Å²) in [5.41, 5.74) is 6.55. The first-order valence-corrected chi connectivity index (χ1v) is 7.37. The number of halogens is 2. The average molecular weight is 300 g/mol. The Balaban J connectivity index is 2.21. The summed E-state index contributed by atoms with van der Waals surface area (Å²) >= 11 is 5.82. The smallest absolute Gasteiger partial charge is 0.129 e. The van der Waals surface area contributed by atoms with Crippen LogP contribution in [-0.2, 0) is 0 Å². The van der Waals surface area contributed by atoms with Gasteiger partial charge >= 0.3 is 0 Å². The number of benzene rings is 1. The van der Waals surface area contributed by atoms with Crippen molar-refractivity contribution in [3.8, 4) is 0 Å². The van der Waals surface area contributed by atoms with E-state index in [0.717, 1.165) is 13.1 Å². The molecule has 1 aromatic rings. The fourth-order valence-electron chi connectivity index (χ4n) is 3.16. The molecule has 1 fully saturated rings. The van der Waals surface area contributed by atoms with Crippen molar-refractivity contribution < 1.29 is 4.39 Å². The molecule has 1 saturated heterocycles. The third-order valence-electron chi connectivity index (χ3n) is 4.25. The molecule has 2 rings (SSSR count). The van der Waals surface area contributed by atoms with Crippen LogP contribution in [0.15, 0.2) is 18.2 Å². The lowest BCUT2D eigenvalue weighted by Crippen LogP contribution is -2.37. The number of hydrogen-bond donors (Lipinski definition) is 1. The van der Waals surface area contributed by atoms with Crippen molar-refractivity contribution in [1.29, 1.82) is 0 Å². The van der Waals surface area contributed by atoms with E-state index in [4.69, 9.17) is 17.3 Å². The van der Waals surface area contributed by atoms with Gasteiger partial charge in [-0.15, -0.1) is 0 Å². The quantitative estimate of drug-likeness (QED) is 0.926. The van der Waals surface area contributed by atoms with Gasteiger partial charge in [-0.1, -0.05) is 24.6 Å². The van der Waals surface area contributed by atoms with Gasteiger partial charge in [0.25, 0.3) is 0 Å². The second-order valence-corrected chi connectivity index (χ2v) is 6.32. The number of rotatable bonds is 4. The lowest BCUT2D eigenvalue weighted by Gasteiger charge is -2.28. The van der Waals surface area contributed by atoms with E-state index < -0.39 is 0 Å². The van der Waals surface area contributed by atoms with E-state index in [9.17, 15) is 4.39 Å². The average Bonchev–Trinajstić information content (AvgIpc) is 2.75. The molecular weight excluding hydrogens is 277 g/mol. The summed E-state index contributed by atoms with van der Waals surface area (Å²) < 4.78 is 14.1. The number of hydrogen-bond acceptors (Lipinski definition) is 3. The first-order valence-electron chi connectivity index (χ1n) is 6.99. The summed E-state index contributed by atoms with van der Waals surface area (Å²) in [5.74, 6) is 0.281. The molecule has 20 heavy (non-hydrogen) atoms. The number of nitrogens with zero attached hydrogens (tertiary/aromatic N) is 2. The fourth-order valence-corrected chi connectivity index (χ4v) is 3.32. The maximum Gasteiger partial charge on any atom is 0.129 e. The highest BCUT2D eigenvalue weighted by Gasteiger charge is 2.35. The number of likely N-dealkylation sites (N-methyl/N-ethyl adjacent to an activating group) is 1. The van der Waals surface area contributed by atoms with E-state index in [-0.39, 0.29) is 11.9 Å². The van der Waals surface area contributed by atoms with Gasteiger partial charge in [-0.05, 0) is 32.1 Å². The minimum absolute atomic E-state index is 0.0836. The number of nitrogens with two attached hydrogens (primary N) is 1. The van der Waals surface area contributed by atoms with Gasteiger partial charge in [0.1, 0.15) is 5.82 Å². The van der Waals surface area contributed by atoms with Crippen LogP contribution in [-0.4, -0.2) is 49.6 Å². The van der Waals surface area contributed by atoms with Crippen LogP contribution in [0.3, 0.4) is 0 Å². The van der Waals surface area contributed by atoms with E-state index in [0.29, 0.717) is 29.1 Å². The summed E-state index contributed by atoms with van der Waals surface area (Å²) in [4.78, 5) is 4.51. The van der Waals surface area contributed by atoms with Gasteiger partial charge < -0.3 is 10.6 Å². The first kappa shape index (κ1) is 15.7. The molecule has 0 amide bonds. The topological polar surface area (TPSA) is 32.5 Å². The van der Waals surface area contributed by atoms with Crippen LogP contribution in [0.1, 0.15) is 18.5 Å². The molecule has 0 aliphatic carbocycles. The highest BCUT2D eigenvalue weighted by molar-refractivity contribution is 6.30. The summed E-state index contributed by atoms with van der Waals surface area (Å²) in [6.45, 7) is 4.49. The standard InChI is InChI=1S/C15H23ClFN3/c1-10-8-20(9-15(10)19(2)3)14(7-18)12-5-4-11(16)6-13(12)17/h4-6,10,14-15H,7-9,18H2,1-3H3. The van der Waals surface area contributed by atoms with Gasteiger partial charge in [0, 0.05) is 42.3 Å². The molecule has 0 bridgehead atoms. The molecule has 0 spiro atoms. The Hall–Kier alpha value is -0.680. The second kappa shape index (κ2) is 6.39. The summed E-state index contributed by atoms with van der Waals surface area (Å²) in [6, 6.07) is 5.25. The van der Waals surface area contributed by atoms with Crippen LogP contribution in [0.25, 0.3) is 0 Å². The van der Waals surface area contributed by atoms with Crippen molar-refractivity contribution in [2.75, 3.05) is 33.7 Å². The van der Waals surface area contributed by atoms with Gasteiger partial charge in [-0.2, -0.15) is 0 Å². The van der Waals surface area contributed by atoms with Gasteiger partial charge in [0.15, 0.2) is 0 Å². The number of likely N-dealkylation sites (tertiary alicyclic amines) is 1. The predicted molar refractivity (Wildman–Crippen MR) is 81.4 cm³/mol. The monoisotopic (exact) mass is 299 g/mol. The van der Waals surface area contributed by atoms with Crippen LogP contribution in [0, 0.1) is 11.7 Å². The van der Waals surface area contributed by atoms with E-state index in [2.05, 4.69) is 30.8 Å². The lowest BCUT2D eigenvalue weighted by atomic mass is 10.0. The zero-order valence-corrected chi connectivity index (χ0v) is 13.1. The maximum atomic E-state index is 14.1. The van der Waals surface area contributed by atoms with E-state index in [1.54, 1.807) is 12.1 Å². The summed E-state index contributed by atoms with van der Waals surface area (Å²) in [5, 5.41) is 0.419. The molecule has 5 heteroatoms. The SMILES string of the molecule is CC1CN(C(CN)c2ccc(Cl)cc2F)CC1N(C)C. The van der Waals surface area contributed by atoms with E-state index in [1.807, 2.05) is 0 Å². The van der Waals surface area contributed by atoms with Crippen molar-refractivity contribution in [2.24, 2.45) is 11.7 Å². The van der Waals surface area contributed by atoms with Crippen LogP contribution in [0.2, 0.25) is 5.02 Å². The van der Waals surface area contributed by atoms with Crippen LogP contribution in [0.5, 0.6) is 0 Å². The largest absolute Gasteiger partial charge is 0.329 e.